The number of aliphatic hydroxyl groups is 1. The molecule has 0 aromatic heterocycles. The van der Waals surface area contributed by atoms with Crippen molar-refractivity contribution in [1.29, 1.82) is 0 Å². The number of methoxy groups -OCH3 is 3. The van der Waals surface area contributed by atoms with Gasteiger partial charge in [0.25, 0.3) is 5.91 Å². The highest BCUT2D eigenvalue weighted by atomic mass is 16.6. The smallest absolute Gasteiger partial charge is 0.252 e. The average Bonchev–Trinajstić information content (AvgIpc) is 2.83. The first-order chi connectivity index (χ1) is 13.1. The number of rotatable bonds is 9. The Balaban J connectivity index is 2.92. The van der Waals surface area contributed by atoms with Crippen LogP contribution in [-0.2, 0) is 23.8 Å². The molecule has 0 saturated carbocycles. The minimum Gasteiger partial charge on any atom is -0.386 e. The van der Waals surface area contributed by atoms with E-state index in [1.165, 1.54) is 21.3 Å². The number of carbonyl (C=O) groups excluding carboxylic acids is 2. The summed E-state index contributed by atoms with van der Waals surface area (Å²) in [5, 5.41) is 16.1. The maximum atomic E-state index is 12.8. The van der Waals surface area contributed by atoms with Crippen LogP contribution in [0.4, 0.5) is 0 Å². The zero-order valence-electron chi connectivity index (χ0n) is 17.9. The van der Waals surface area contributed by atoms with Gasteiger partial charge in [0.05, 0.1) is 0 Å². The first-order valence-corrected chi connectivity index (χ1v) is 9.68. The third-order valence-electron chi connectivity index (χ3n) is 4.66. The SMILES string of the molecule is CO[C@H]([C@@H](OC)[C@@H](OC)C(=O)N[C@H]1CCCCNC1=O)[C@H](O)C=CC(C)(C)C. The van der Waals surface area contributed by atoms with E-state index in [1.54, 1.807) is 6.08 Å². The fourth-order valence-electron chi connectivity index (χ4n) is 3.12. The molecule has 5 atom stereocenters. The van der Waals surface area contributed by atoms with E-state index in [9.17, 15) is 14.7 Å². The third kappa shape index (κ3) is 7.50. The second kappa shape index (κ2) is 11.5. The van der Waals surface area contributed by atoms with Crippen molar-refractivity contribution in [1.82, 2.24) is 10.6 Å². The fourth-order valence-corrected chi connectivity index (χ4v) is 3.12. The van der Waals surface area contributed by atoms with Gasteiger partial charge in [-0.3, -0.25) is 9.59 Å². The Hall–Kier alpha value is -1.48. The van der Waals surface area contributed by atoms with Crippen molar-refractivity contribution < 1.29 is 28.9 Å². The lowest BCUT2D eigenvalue weighted by Crippen LogP contribution is -2.56. The maximum absolute atomic E-state index is 12.8. The number of hydrogen-bond acceptors (Lipinski definition) is 6. The molecule has 1 aliphatic heterocycles. The van der Waals surface area contributed by atoms with Gasteiger partial charge in [-0.15, -0.1) is 0 Å². The highest BCUT2D eigenvalue weighted by molar-refractivity contribution is 5.89. The molecule has 0 unspecified atom stereocenters. The van der Waals surface area contributed by atoms with Crippen molar-refractivity contribution >= 4 is 11.8 Å². The summed E-state index contributed by atoms with van der Waals surface area (Å²) < 4.78 is 16.3. The number of ether oxygens (including phenoxy) is 3. The van der Waals surface area contributed by atoms with Crippen LogP contribution < -0.4 is 10.6 Å². The molecule has 0 bridgehead atoms. The Morgan fingerprint density at radius 1 is 1.18 bits per heavy atom. The van der Waals surface area contributed by atoms with Gasteiger partial charge >= 0.3 is 0 Å². The number of amides is 2. The summed E-state index contributed by atoms with van der Waals surface area (Å²) in [5.41, 5.74) is -0.118. The standard InChI is InChI=1S/C20H36N2O6/c1-20(2,3)11-10-14(23)15(26-4)16(27-5)17(28-6)19(25)22-13-9-7-8-12-21-18(13)24/h10-11,13-17,23H,7-9,12H2,1-6H3,(H,21,24)(H,22,25)/t13-,14+,15-,16+,17+/m0/s1. The Bertz CT molecular complexity index is 531. The van der Waals surface area contributed by atoms with Gasteiger partial charge in [-0.2, -0.15) is 0 Å². The Labute approximate surface area is 168 Å². The largest absolute Gasteiger partial charge is 0.386 e. The molecule has 3 N–H and O–H groups in total. The molecule has 162 valence electrons. The first-order valence-electron chi connectivity index (χ1n) is 9.68. The maximum Gasteiger partial charge on any atom is 0.252 e. The van der Waals surface area contributed by atoms with Crippen LogP contribution >= 0.6 is 0 Å². The van der Waals surface area contributed by atoms with Crippen molar-refractivity contribution in [3.63, 3.8) is 0 Å². The van der Waals surface area contributed by atoms with Crippen LogP contribution in [0.3, 0.4) is 0 Å². The Morgan fingerprint density at radius 2 is 1.82 bits per heavy atom. The summed E-state index contributed by atoms with van der Waals surface area (Å²) in [4.78, 5) is 24.9. The van der Waals surface area contributed by atoms with Crippen LogP contribution in [0.5, 0.6) is 0 Å². The second-order valence-corrected chi connectivity index (χ2v) is 8.12. The molecule has 0 radical (unpaired) electrons. The predicted octanol–water partition coefficient (Wildman–Crippen LogP) is 0.780. The molecular weight excluding hydrogens is 364 g/mol. The summed E-state index contributed by atoms with van der Waals surface area (Å²) >= 11 is 0. The van der Waals surface area contributed by atoms with Gasteiger partial charge in [-0.25, -0.2) is 0 Å². The molecule has 1 rings (SSSR count). The lowest BCUT2D eigenvalue weighted by atomic mass is 9.93. The lowest BCUT2D eigenvalue weighted by Gasteiger charge is -2.33. The molecular formula is C20H36N2O6. The highest BCUT2D eigenvalue weighted by Gasteiger charge is 2.39. The predicted molar refractivity (Wildman–Crippen MR) is 106 cm³/mol. The van der Waals surface area contributed by atoms with Crippen LogP contribution in [0, 0.1) is 5.41 Å². The van der Waals surface area contributed by atoms with Crippen LogP contribution in [0.15, 0.2) is 12.2 Å². The van der Waals surface area contributed by atoms with Crippen molar-refractivity contribution in [3.8, 4) is 0 Å². The van der Waals surface area contributed by atoms with Crippen LogP contribution in [0.25, 0.3) is 0 Å². The van der Waals surface area contributed by atoms with E-state index >= 15 is 0 Å². The zero-order valence-corrected chi connectivity index (χ0v) is 17.9. The van der Waals surface area contributed by atoms with Crippen molar-refractivity contribution in [2.24, 2.45) is 5.41 Å². The zero-order chi connectivity index (χ0) is 21.3. The Kier molecular flexibility index (Phi) is 10.1. The molecule has 1 fully saturated rings. The molecule has 8 heteroatoms. The third-order valence-corrected chi connectivity index (χ3v) is 4.66. The minimum absolute atomic E-state index is 0.118. The number of aliphatic hydroxyl groups excluding tert-OH is 1. The van der Waals surface area contributed by atoms with E-state index in [0.717, 1.165) is 12.8 Å². The van der Waals surface area contributed by atoms with Gasteiger partial charge in [0.2, 0.25) is 5.91 Å². The van der Waals surface area contributed by atoms with Gasteiger partial charge in [0.1, 0.15) is 24.4 Å². The molecule has 1 aliphatic rings. The number of carbonyl (C=O) groups is 2. The molecule has 1 saturated heterocycles. The van der Waals surface area contributed by atoms with E-state index in [-0.39, 0.29) is 11.3 Å². The molecule has 0 aliphatic carbocycles. The summed E-state index contributed by atoms with van der Waals surface area (Å²) in [6, 6.07) is -0.614. The molecule has 1 heterocycles. The minimum atomic E-state index is -1.05. The van der Waals surface area contributed by atoms with Gasteiger partial charge in [0.15, 0.2) is 6.10 Å². The van der Waals surface area contributed by atoms with Gasteiger partial charge < -0.3 is 30.0 Å². The highest BCUT2D eigenvalue weighted by Crippen LogP contribution is 2.19. The monoisotopic (exact) mass is 400 g/mol. The number of hydrogen-bond donors (Lipinski definition) is 3. The van der Waals surface area contributed by atoms with E-state index in [1.807, 2.05) is 26.8 Å². The number of allylic oxidation sites excluding steroid dienone is 1. The van der Waals surface area contributed by atoms with Crippen LogP contribution in [0.1, 0.15) is 40.0 Å². The van der Waals surface area contributed by atoms with E-state index in [0.29, 0.717) is 13.0 Å². The average molecular weight is 401 g/mol. The van der Waals surface area contributed by atoms with Crippen molar-refractivity contribution in [2.45, 2.75) is 70.5 Å². The Morgan fingerprint density at radius 3 is 2.36 bits per heavy atom. The quantitative estimate of drug-likeness (QED) is 0.494. The van der Waals surface area contributed by atoms with E-state index in [4.69, 9.17) is 14.2 Å². The molecule has 8 nitrogen and oxygen atoms in total. The van der Waals surface area contributed by atoms with Crippen molar-refractivity contribution in [2.75, 3.05) is 27.9 Å². The van der Waals surface area contributed by atoms with Gasteiger partial charge in [0, 0.05) is 27.9 Å². The number of nitrogens with one attached hydrogen (secondary N) is 2. The molecule has 28 heavy (non-hydrogen) atoms. The van der Waals surface area contributed by atoms with Crippen LogP contribution in [0.2, 0.25) is 0 Å². The summed E-state index contributed by atoms with van der Waals surface area (Å²) in [5.74, 6) is -0.684. The molecule has 2 amide bonds. The molecule has 0 spiro atoms. The van der Waals surface area contributed by atoms with Crippen molar-refractivity contribution in [3.05, 3.63) is 12.2 Å². The van der Waals surface area contributed by atoms with Crippen LogP contribution in [-0.4, -0.2) is 75.3 Å². The summed E-state index contributed by atoms with van der Waals surface area (Å²) in [6.45, 7) is 6.64. The van der Waals surface area contributed by atoms with E-state index in [2.05, 4.69) is 10.6 Å². The lowest BCUT2D eigenvalue weighted by molar-refractivity contribution is -0.159. The second-order valence-electron chi connectivity index (χ2n) is 8.12. The molecule has 0 aromatic rings. The molecule has 0 aromatic carbocycles. The normalized spacial score (nSPS) is 22.8. The summed E-state index contributed by atoms with van der Waals surface area (Å²) in [6.07, 6.45) is 2.03. The summed E-state index contributed by atoms with van der Waals surface area (Å²) in [7, 11) is 4.25. The van der Waals surface area contributed by atoms with E-state index < -0.39 is 36.4 Å². The van der Waals surface area contributed by atoms with Gasteiger partial charge in [-0.1, -0.05) is 32.9 Å². The first kappa shape index (κ1) is 24.6. The fraction of sp³-hybridized carbons (Fsp3) is 0.800. The van der Waals surface area contributed by atoms with Gasteiger partial charge in [-0.05, 0) is 24.7 Å². The topological polar surface area (TPSA) is 106 Å².